The van der Waals surface area contributed by atoms with E-state index in [-0.39, 0.29) is 5.11 Å². The molecule has 0 amide bonds. The number of ether oxygens (including phenoxy) is 3. The van der Waals surface area contributed by atoms with Gasteiger partial charge in [-0.05, 0) is 48.6 Å². The summed E-state index contributed by atoms with van der Waals surface area (Å²) in [5.41, 5.74) is 6.23. The highest BCUT2D eigenvalue weighted by molar-refractivity contribution is 7.80. The highest BCUT2D eigenvalue weighted by Crippen LogP contribution is 2.19. The van der Waals surface area contributed by atoms with Crippen molar-refractivity contribution < 1.29 is 14.2 Å². The number of hydrogen-bond acceptors (Lipinski definition) is 4. The monoisotopic (exact) mass is 318 g/mol. The topological polar surface area (TPSA) is 65.7 Å². The van der Waals surface area contributed by atoms with Gasteiger partial charge in [0.05, 0.1) is 7.11 Å². The van der Waals surface area contributed by atoms with E-state index >= 15 is 0 Å². The highest BCUT2D eigenvalue weighted by atomic mass is 32.1. The maximum Gasteiger partial charge on any atom is 0.168 e. The van der Waals surface area contributed by atoms with Crippen molar-refractivity contribution in [3.63, 3.8) is 0 Å². The van der Waals surface area contributed by atoms with Gasteiger partial charge >= 0.3 is 0 Å². The molecule has 2 aromatic carbocycles. The van der Waals surface area contributed by atoms with E-state index in [0.717, 1.165) is 22.9 Å². The van der Waals surface area contributed by atoms with Gasteiger partial charge in [0.2, 0.25) is 0 Å². The Morgan fingerprint density at radius 1 is 1.00 bits per heavy atom. The molecule has 0 unspecified atom stereocenters. The second-order valence-corrected chi connectivity index (χ2v) is 4.83. The third-order valence-electron chi connectivity index (χ3n) is 2.78. The van der Waals surface area contributed by atoms with Crippen molar-refractivity contribution in [2.75, 3.05) is 25.6 Å². The Morgan fingerprint density at radius 3 is 2.27 bits per heavy atom. The lowest BCUT2D eigenvalue weighted by Gasteiger charge is -2.10. The molecule has 0 atom stereocenters. The van der Waals surface area contributed by atoms with Gasteiger partial charge in [0.1, 0.15) is 30.5 Å². The van der Waals surface area contributed by atoms with E-state index in [1.807, 2.05) is 48.5 Å². The molecule has 0 aliphatic heterocycles. The summed E-state index contributed by atoms with van der Waals surface area (Å²) in [6.45, 7) is 0.888. The maximum absolute atomic E-state index is 5.60. The predicted octanol–water partition coefficient (Wildman–Crippen LogP) is 2.81. The molecule has 0 saturated carbocycles. The summed E-state index contributed by atoms with van der Waals surface area (Å²) >= 11 is 4.77. The molecule has 2 rings (SSSR count). The normalized spacial score (nSPS) is 9.86. The Kier molecular flexibility index (Phi) is 5.85. The van der Waals surface area contributed by atoms with Crippen LogP contribution in [0.1, 0.15) is 0 Å². The van der Waals surface area contributed by atoms with Crippen molar-refractivity contribution in [3.05, 3.63) is 48.5 Å². The van der Waals surface area contributed by atoms with Crippen LogP contribution in [0.25, 0.3) is 0 Å². The molecule has 0 heterocycles. The van der Waals surface area contributed by atoms with E-state index in [9.17, 15) is 0 Å². The molecule has 116 valence electrons. The van der Waals surface area contributed by atoms with Gasteiger partial charge in [-0.25, -0.2) is 0 Å². The molecule has 0 saturated heterocycles. The molecule has 0 spiro atoms. The third-order valence-corrected chi connectivity index (χ3v) is 2.89. The summed E-state index contributed by atoms with van der Waals surface area (Å²) in [7, 11) is 1.62. The first kappa shape index (κ1) is 15.9. The molecule has 0 aliphatic carbocycles. The maximum atomic E-state index is 5.60. The van der Waals surface area contributed by atoms with Gasteiger partial charge in [-0.15, -0.1) is 0 Å². The van der Waals surface area contributed by atoms with Crippen LogP contribution in [-0.2, 0) is 0 Å². The fourth-order valence-electron chi connectivity index (χ4n) is 1.79. The third kappa shape index (κ3) is 5.14. The number of hydrogen-bond donors (Lipinski definition) is 2. The molecule has 0 aliphatic rings. The standard InChI is InChI=1S/C16H18N2O3S/c1-19-14-3-2-4-15(11-14)21-10-9-20-13-7-5-12(6-8-13)18-16(17)22/h2-8,11H,9-10H2,1H3,(H3,17,18,22). The number of rotatable bonds is 7. The van der Waals surface area contributed by atoms with Gasteiger partial charge in [-0.2, -0.15) is 0 Å². The second kappa shape index (κ2) is 8.09. The SMILES string of the molecule is COc1cccc(OCCOc2ccc(NC(N)=S)cc2)c1. The quantitative estimate of drug-likeness (QED) is 0.604. The van der Waals surface area contributed by atoms with Crippen LogP contribution in [0.15, 0.2) is 48.5 Å². The predicted molar refractivity (Wildman–Crippen MR) is 90.8 cm³/mol. The molecule has 0 radical (unpaired) electrons. The van der Waals surface area contributed by atoms with Gasteiger partial charge in [0.15, 0.2) is 5.11 Å². The van der Waals surface area contributed by atoms with E-state index in [0.29, 0.717) is 13.2 Å². The van der Waals surface area contributed by atoms with Crippen LogP contribution in [0.3, 0.4) is 0 Å². The van der Waals surface area contributed by atoms with Crippen LogP contribution in [-0.4, -0.2) is 25.4 Å². The lowest BCUT2D eigenvalue weighted by Crippen LogP contribution is -2.18. The van der Waals surface area contributed by atoms with Crippen LogP contribution in [0.5, 0.6) is 17.2 Å². The van der Waals surface area contributed by atoms with Crippen LogP contribution in [0.2, 0.25) is 0 Å². The Hall–Kier alpha value is -2.47. The van der Waals surface area contributed by atoms with E-state index in [1.54, 1.807) is 7.11 Å². The van der Waals surface area contributed by atoms with Crippen molar-refractivity contribution >= 4 is 23.0 Å². The van der Waals surface area contributed by atoms with Crippen LogP contribution in [0.4, 0.5) is 5.69 Å². The number of nitrogens with one attached hydrogen (secondary N) is 1. The molecule has 0 bridgehead atoms. The van der Waals surface area contributed by atoms with Crippen LogP contribution < -0.4 is 25.3 Å². The molecule has 0 aromatic heterocycles. The zero-order chi connectivity index (χ0) is 15.8. The average Bonchev–Trinajstić information content (AvgIpc) is 2.53. The first-order valence-electron chi connectivity index (χ1n) is 6.73. The first-order valence-corrected chi connectivity index (χ1v) is 7.14. The summed E-state index contributed by atoms with van der Waals surface area (Å²) in [5, 5.41) is 3.09. The number of methoxy groups -OCH3 is 1. The van der Waals surface area contributed by atoms with Crippen molar-refractivity contribution in [1.82, 2.24) is 0 Å². The second-order valence-electron chi connectivity index (χ2n) is 4.39. The van der Waals surface area contributed by atoms with E-state index in [1.165, 1.54) is 0 Å². The summed E-state index contributed by atoms with van der Waals surface area (Å²) in [6.07, 6.45) is 0. The van der Waals surface area contributed by atoms with Crippen LogP contribution in [0, 0.1) is 0 Å². The first-order chi connectivity index (χ1) is 10.7. The Morgan fingerprint density at radius 2 is 1.64 bits per heavy atom. The zero-order valence-corrected chi connectivity index (χ0v) is 13.1. The van der Waals surface area contributed by atoms with Gasteiger partial charge in [-0.3, -0.25) is 0 Å². The van der Waals surface area contributed by atoms with E-state index < -0.39 is 0 Å². The van der Waals surface area contributed by atoms with Crippen LogP contribution >= 0.6 is 12.2 Å². The van der Waals surface area contributed by atoms with Gasteiger partial charge in [-0.1, -0.05) is 6.07 Å². The van der Waals surface area contributed by atoms with Crippen molar-refractivity contribution in [3.8, 4) is 17.2 Å². The molecule has 0 fully saturated rings. The highest BCUT2D eigenvalue weighted by Gasteiger charge is 1.99. The number of thiocarbonyl (C=S) groups is 1. The number of nitrogens with two attached hydrogens (primary N) is 1. The van der Waals surface area contributed by atoms with Gasteiger partial charge in [0, 0.05) is 11.8 Å². The van der Waals surface area contributed by atoms with E-state index in [2.05, 4.69) is 5.32 Å². The van der Waals surface area contributed by atoms with Crippen molar-refractivity contribution in [2.45, 2.75) is 0 Å². The molecule has 2 aromatic rings. The molecular weight excluding hydrogens is 300 g/mol. The zero-order valence-electron chi connectivity index (χ0n) is 12.2. The lowest BCUT2D eigenvalue weighted by molar-refractivity contribution is 0.216. The summed E-state index contributed by atoms with van der Waals surface area (Å²) in [5.74, 6) is 2.26. The molecule has 6 heteroatoms. The van der Waals surface area contributed by atoms with E-state index in [4.69, 9.17) is 32.2 Å². The van der Waals surface area contributed by atoms with Gasteiger partial charge in [0.25, 0.3) is 0 Å². The van der Waals surface area contributed by atoms with Gasteiger partial charge < -0.3 is 25.3 Å². The molecule has 22 heavy (non-hydrogen) atoms. The smallest absolute Gasteiger partial charge is 0.168 e. The average molecular weight is 318 g/mol. The minimum absolute atomic E-state index is 0.236. The van der Waals surface area contributed by atoms with Crippen molar-refractivity contribution in [2.24, 2.45) is 5.73 Å². The Balaban J connectivity index is 1.75. The largest absolute Gasteiger partial charge is 0.497 e. The minimum atomic E-state index is 0.236. The summed E-state index contributed by atoms with van der Waals surface area (Å²) in [6, 6.07) is 14.8. The number of benzene rings is 2. The number of anilines is 1. The fraction of sp³-hybridized carbons (Fsp3) is 0.188. The lowest BCUT2D eigenvalue weighted by atomic mass is 10.3. The molecule has 5 nitrogen and oxygen atoms in total. The summed E-state index contributed by atoms with van der Waals surface area (Å²) in [4.78, 5) is 0. The molecule has 3 N–H and O–H groups in total. The van der Waals surface area contributed by atoms with Crippen molar-refractivity contribution in [1.29, 1.82) is 0 Å². The summed E-state index contributed by atoms with van der Waals surface area (Å²) < 4.78 is 16.3. The molecular formula is C16H18N2O3S. The fourth-order valence-corrected chi connectivity index (χ4v) is 1.90. The Bertz CT molecular complexity index is 617. The minimum Gasteiger partial charge on any atom is -0.497 e. The Labute approximate surface area is 135 Å².